The monoisotopic (exact) mass is 254 g/mol. The van der Waals surface area contributed by atoms with E-state index in [9.17, 15) is 0 Å². The number of nitrogens with zero attached hydrogens (tertiary/aromatic N) is 1. The second kappa shape index (κ2) is 9.80. The van der Waals surface area contributed by atoms with Gasteiger partial charge in [0.2, 0.25) is 0 Å². The molecule has 18 heavy (non-hydrogen) atoms. The zero-order chi connectivity index (χ0) is 13.2. The van der Waals surface area contributed by atoms with Crippen LogP contribution in [0.25, 0.3) is 0 Å². The summed E-state index contributed by atoms with van der Waals surface area (Å²) in [5.41, 5.74) is 0. The fraction of sp³-hybridized carbons (Fsp3) is 1.00. The molecule has 0 aromatic rings. The maximum Gasteiger partial charge on any atom is 0.0223 e. The third kappa shape index (κ3) is 5.27. The topological polar surface area (TPSA) is 15.3 Å². The van der Waals surface area contributed by atoms with Gasteiger partial charge in [0.1, 0.15) is 0 Å². The molecule has 2 atom stereocenters. The van der Waals surface area contributed by atoms with E-state index in [2.05, 4.69) is 31.0 Å². The van der Waals surface area contributed by atoms with E-state index in [4.69, 9.17) is 0 Å². The predicted molar refractivity (Wildman–Crippen MR) is 81.1 cm³/mol. The van der Waals surface area contributed by atoms with Crippen LogP contribution >= 0.6 is 0 Å². The summed E-state index contributed by atoms with van der Waals surface area (Å²) in [6.07, 6.45) is 10.9. The maximum atomic E-state index is 3.64. The lowest BCUT2D eigenvalue weighted by atomic mass is 10.0. The standard InChI is InChI=1S/C16H34N2/c1-4-10-16(14-17-12-5-2)18-13-9-7-8-11-15(18)6-3/h15-17H,4-14H2,1-3H3. The first-order valence-corrected chi connectivity index (χ1v) is 8.29. The number of hydrogen-bond acceptors (Lipinski definition) is 2. The molecular formula is C16H34N2. The van der Waals surface area contributed by atoms with Gasteiger partial charge in [0.05, 0.1) is 0 Å². The van der Waals surface area contributed by atoms with Gasteiger partial charge in [-0.05, 0) is 45.2 Å². The van der Waals surface area contributed by atoms with Crippen molar-refractivity contribution in [3.8, 4) is 0 Å². The Morgan fingerprint density at radius 3 is 2.61 bits per heavy atom. The predicted octanol–water partition coefficient (Wildman–Crippen LogP) is 3.81. The van der Waals surface area contributed by atoms with Crippen LogP contribution in [0, 0.1) is 0 Å². The largest absolute Gasteiger partial charge is 0.315 e. The first-order valence-electron chi connectivity index (χ1n) is 8.29. The minimum absolute atomic E-state index is 0.768. The third-order valence-electron chi connectivity index (χ3n) is 4.29. The van der Waals surface area contributed by atoms with Crippen LogP contribution in [0.5, 0.6) is 0 Å². The van der Waals surface area contributed by atoms with Crippen LogP contribution in [0.15, 0.2) is 0 Å². The molecule has 1 rings (SSSR count). The second-order valence-corrected chi connectivity index (χ2v) is 5.80. The number of rotatable bonds is 8. The van der Waals surface area contributed by atoms with E-state index in [0.717, 1.165) is 12.1 Å². The van der Waals surface area contributed by atoms with E-state index in [0.29, 0.717) is 0 Å². The lowest BCUT2D eigenvalue weighted by molar-refractivity contribution is 0.122. The van der Waals surface area contributed by atoms with Gasteiger partial charge in [-0.2, -0.15) is 0 Å². The van der Waals surface area contributed by atoms with Crippen molar-refractivity contribution in [2.75, 3.05) is 19.6 Å². The Morgan fingerprint density at radius 2 is 1.94 bits per heavy atom. The van der Waals surface area contributed by atoms with Gasteiger partial charge in [0.15, 0.2) is 0 Å². The van der Waals surface area contributed by atoms with Gasteiger partial charge in [0.25, 0.3) is 0 Å². The molecule has 1 heterocycles. The highest BCUT2D eigenvalue weighted by atomic mass is 15.2. The van der Waals surface area contributed by atoms with Gasteiger partial charge < -0.3 is 5.32 Å². The Balaban J connectivity index is 2.55. The van der Waals surface area contributed by atoms with Crippen LogP contribution < -0.4 is 5.32 Å². The Bertz CT molecular complexity index is 194. The molecule has 108 valence electrons. The molecule has 0 spiro atoms. The van der Waals surface area contributed by atoms with Gasteiger partial charge in [0, 0.05) is 18.6 Å². The van der Waals surface area contributed by atoms with Crippen molar-refractivity contribution >= 4 is 0 Å². The molecule has 1 aliphatic heterocycles. The number of hydrogen-bond donors (Lipinski definition) is 1. The van der Waals surface area contributed by atoms with Crippen LogP contribution in [0.3, 0.4) is 0 Å². The van der Waals surface area contributed by atoms with Crippen molar-refractivity contribution in [1.29, 1.82) is 0 Å². The van der Waals surface area contributed by atoms with Gasteiger partial charge in [-0.25, -0.2) is 0 Å². The summed E-state index contributed by atoms with van der Waals surface area (Å²) in [6, 6.07) is 1.61. The van der Waals surface area contributed by atoms with E-state index in [-0.39, 0.29) is 0 Å². The average Bonchev–Trinajstić information content (AvgIpc) is 2.63. The summed E-state index contributed by atoms with van der Waals surface area (Å²) < 4.78 is 0. The molecular weight excluding hydrogens is 220 g/mol. The fourth-order valence-corrected chi connectivity index (χ4v) is 3.28. The molecule has 1 aliphatic rings. The van der Waals surface area contributed by atoms with Crippen molar-refractivity contribution in [3.05, 3.63) is 0 Å². The molecule has 2 nitrogen and oxygen atoms in total. The molecule has 2 unspecified atom stereocenters. The summed E-state index contributed by atoms with van der Waals surface area (Å²) in [4.78, 5) is 2.83. The van der Waals surface area contributed by atoms with Gasteiger partial charge >= 0.3 is 0 Å². The normalized spacial score (nSPS) is 23.8. The fourth-order valence-electron chi connectivity index (χ4n) is 3.28. The highest BCUT2D eigenvalue weighted by Gasteiger charge is 2.25. The highest BCUT2D eigenvalue weighted by molar-refractivity contribution is 4.82. The number of nitrogens with one attached hydrogen (secondary N) is 1. The molecule has 2 heteroatoms. The summed E-state index contributed by atoms with van der Waals surface area (Å²) >= 11 is 0. The number of likely N-dealkylation sites (tertiary alicyclic amines) is 1. The molecule has 0 aromatic carbocycles. The Labute approximate surface area is 115 Å². The smallest absolute Gasteiger partial charge is 0.0223 e. The molecule has 1 saturated heterocycles. The summed E-state index contributed by atoms with van der Waals surface area (Å²) in [5.74, 6) is 0. The highest BCUT2D eigenvalue weighted by Crippen LogP contribution is 2.23. The van der Waals surface area contributed by atoms with Crippen LogP contribution in [0.2, 0.25) is 0 Å². The molecule has 0 aliphatic carbocycles. The maximum absolute atomic E-state index is 3.64. The molecule has 0 aromatic heterocycles. The van der Waals surface area contributed by atoms with Gasteiger partial charge in [-0.3, -0.25) is 4.90 Å². The van der Waals surface area contributed by atoms with Gasteiger partial charge in [-0.15, -0.1) is 0 Å². The van der Waals surface area contributed by atoms with E-state index >= 15 is 0 Å². The Morgan fingerprint density at radius 1 is 1.11 bits per heavy atom. The zero-order valence-electron chi connectivity index (χ0n) is 12.9. The first kappa shape index (κ1) is 16.0. The third-order valence-corrected chi connectivity index (χ3v) is 4.29. The van der Waals surface area contributed by atoms with Gasteiger partial charge in [-0.1, -0.05) is 40.0 Å². The van der Waals surface area contributed by atoms with Crippen molar-refractivity contribution < 1.29 is 0 Å². The molecule has 0 amide bonds. The van der Waals surface area contributed by atoms with E-state index in [1.54, 1.807) is 0 Å². The lowest BCUT2D eigenvalue weighted by Gasteiger charge is -2.37. The van der Waals surface area contributed by atoms with Crippen molar-refractivity contribution in [1.82, 2.24) is 10.2 Å². The summed E-state index contributed by atoms with van der Waals surface area (Å²) in [5, 5.41) is 3.64. The minimum atomic E-state index is 0.768. The minimum Gasteiger partial charge on any atom is -0.315 e. The van der Waals surface area contributed by atoms with E-state index < -0.39 is 0 Å². The molecule has 1 fully saturated rings. The Hall–Kier alpha value is -0.0800. The second-order valence-electron chi connectivity index (χ2n) is 5.80. The van der Waals surface area contributed by atoms with Crippen molar-refractivity contribution in [2.24, 2.45) is 0 Å². The van der Waals surface area contributed by atoms with Crippen LogP contribution in [-0.4, -0.2) is 36.6 Å². The Kier molecular flexibility index (Phi) is 8.70. The average molecular weight is 254 g/mol. The van der Waals surface area contributed by atoms with Crippen LogP contribution in [-0.2, 0) is 0 Å². The zero-order valence-corrected chi connectivity index (χ0v) is 12.9. The molecule has 0 saturated carbocycles. The molecule has 1 N–H and O–H groups in total. The lowest BCUT2D eigenvalue weighted by Crippen LogP contribution is -2.47. The van der Waals surface area contributed by atoms with Crippen molar-refractivity contribution in [2.45, 2.75) is 84.2 Å². The van der Waals surface area contributed by atoms with Crippen LogP contribution in [0.1, 0.15) is 72.1 Å². The summed E-state index contributed by atoms with van der Waals surface area (Å²) in [7, 11) is 0. The quantitative estimate of drug-likeness (QED) is 0.663. The van der Waals surface area contributed by atoms with E-state index in [1.807, 2.05) is 0 Å². The first-order chi connectivity index (χ1) is 8.83. The van der Waals surface area contributed by atoms with Crippen LogP contribution in [0.4, 0.5) is 0 Å². The SMILES string of the molecule is CCCNCC(CCC)N1CCCCCC1CC. The summed E-state index contributed by atoms with van der Waals surface area (Å²) in [6.45, 7) is 10.6. The molecule has 0 bridgehead atoms. The molecule has 0 radical (unpaired) electrons. The van der Waals surface area contributed by atoms with Crippen molar-refractivity contribution in [3.63, 3.8) is 0 Å². The van der Waals surface area contributed by atoms with E-state index in [1.165, 1.54) is 71.0 Å².